The lowest BCUT2D eigenvalue weighted by Gasteiger charge is -2.44. The third kappa shape index (κ3) is 4.21. The van der Waals surface area contributed by atoms with Gasteiger partial charge in [-0.25, -0.2) is 0 Å². The van der Waals surface area contributed by atoms with Gasteiger partial charge < -0.3 is 4.90 Å². The number of alkyl halides is 4. The van der Waals surface area contributed by atoms with Crippen molar-refractivity contribution in [3.8, 4) is 0 Å². The number of halogens is 4. The lowest BCUT2D eigenvalue weighted by molar-refractivity contribution is -0.137. The van der Waals surface area contributed by atoms with Gasteiger partial charge in [0, 0.05) is 31.1 Å². The van der Waals surface area contributed by atoms with Crippen LogP contribution in [0, 0.1) is 0 Å². The third-order valence-electron chi connectivity index (χ3n) is 4.97. The number of thioether (sulfide) groups is 1. The van der Waals surface area contributed by atoms with Crippen molar-refractivity contribution in [3.05, 3.63) is 29.8 Å². The molecule has 0 bridgehead atoms. The van der Waals surface area contributed by atoms with E-state index in [-0.39, 0.29) is 23.3 Å². The molecule has 0 radical (unpaired) electrons. The summed E-state index contributed by atoms with van der Waals surface area (Å²) in [5, 5.41) is 0. The van der Waals surface area contributed by atoms with Crippen molar-refractivity contribution in [1.29, 1.82) is 0 Å². The summed E-state index contributed by atoms with van der Waals surface area (Å²) in [6.45, 7) is 0.966. The van der Waals surface area contributed by atoms with Crippen LogP contribution in [0.4, 0.5) is 18.9 Å². The molecule has 2 aliphatic rings. The van der Waals surface area contributed by atoms with E-state index >= 15 is 0 Å². The first-order chi connectivity index (χ1) is 12.8. The van der Waals surface area contributed by atoms with E-state index in [0.29, 0.717) is 44.7 Å². The van der Waals surface area contributed by atoms with E-state index in [0.717, 1.165) is 12.1 Å². The van der Waals surface area contributed by atoms with Gasteiger partial charge in [0.1, 0.15) is 0 Å². The molecule has 1 aromatic rings. The van der Waals surface area contributed by atoms with Crippen LogP contribution in [0.25, 0.3) is 0 Å². The molecule has 0 aromatic heterocycles. The van der Waals surface area contributed by atoms with Crippen molar-refractivity contribution in [2.24, 2.45) is 0 Å². The Bertz CT molecular complexity index is 721. The minimum absolute atomic E-state index is 0.0328. The van der Waals surface area contributed by atoms with Crippen molar-refractivity contribution in [2.75, 3.05) is 29.6 Å². The summed E-state index contributed by atoms with van der Waals surface area (Å²) < 4.78 is 39.2. The van der Waals surface area contributed by atoms with Crippen LogP contribution < -0.4 is 4.90 Å². The standard InChI is InChI=1S/C18H20ClF3N2O2S/c19-8-2-5-15(25)23-9-6-17(7-10-23)24(16(26)12-27-17)14-4-1-3-13(11-14)18(20,21)22/h1,3-4,11H,2,5-10,12H2. The van der Waals surface area contributed by atoms with Gasteiger partial charge in [-0.3, -0.25) is 14.5 Å². The maximum atomic E-state index is 13.1. The number of amides is 2. The zero-order chi connectivity index (χ0) is 19.7. The molecule has 27 heavy (non-hydrogen) atoms. The van der Waals surface area contributed by atoms with Gasteiger partial charge in [0.15, 0.2) is 0 Å². The second-order valence-electron chi connectivity index (χ2n) is 6.69. The highest BCUT2D eigenvalue weighted by Crippen LogP contribution is 2.47. The van der Waals surface area contributed by atoms with Crippen LogP contribution in [0.1, 0.15) is 31.2 Å². The predicted octanol–water partition coefficient (Wildman–Crippen LogP) is 4.12. The Labute approximate surface area is 165 Å². The van der Waals surface area contributed by atoms with E-state index < -0.39 is 16.6 Å². The van der Waals surface area contributed by atoms with Gasteiger partial charge >= 0.3 is 6.18 Å². The Balaban J connectivity index is 1.79. The lowest BCUT2D eigenvalue weighted by atomic mass is 10.00. The lowest BCUT2D eigenvalue weighted by Crippen LogP contribution is -2.53. The summed E-state index contributed by atoms with van der Waals surface area (Å²) in [6, 6.07) is 4.90. The van der Waals surface area contributed by atoms with Crippen molar-refractivity contribution in [2.45, 2.75) is 36.7 Å². The summed E-state index contributed by atoms with van der Waals surface area (Å²) in [5.41, 5.74) is -0.504. The molecule has 2 fully saturated rings. The Morgan fingerprint density at radius 2 is 1.96 bits per heavy atom. The van der Waals surface area contributed by atoms with Crippen LogP contribution in [0.15, 0.2) is 24.3 Å². The third-order valence-corrected chi connectivity index (χ3v) is 6.76. The first-order valence-corrected chi connectivity index (χ1v) is 10.3. The second kappa shape index (κ2) is 7.91. The van der Waals surface area contributed by atoms with Crippen LogP contribution in [-0.4, -0.2) is 46.3 Å². The number of nitrogens with zero attached hydrogens (tertiary/aromatic N) is 2. The normalized spacial score (nSPS) is 19.8. The molecule has 0 aliphatic carbocycles. The number of benzene rings is 1. The molecule has 2 heterocycles. The van der Waals surface area contributed by atoms with Crippen molar-refractivity contribution in [3.63, 3.8) is 0 Å². The molecule has 0 N–H and O–H groups in total. The second-order valence-corrected chi connectivity index (χ2v) is 8.40. The zero-order valence-electron chi connectivity index (χ0n) is 14.6. The van der Waals surface area contributed by atoms with Crippen LogP contribution in [-0.2, 0) is 15.8 Å². The smallest absolute Gasteiger partial charge is 0.342 e. The van der Waals surface area contributed by atoms with Gasteiger partial charge in [0.25, 0.3) is 0 Å². The number of hydrogen-bond donors (Lipinski definition) is 0. The molecule has 2 aliphatic heterocycles. The Kier molecular flexibility index (Phi) is 5.96. The summed E-state index contributed by atoms with van der Waals surface area (Å²) in [5.74, 6) is 0.500. The van der Waals surface area contributed by atoms with Gasteiger partial charge in [0.2, 0.25) is 11.8 Å². The average molecular weight is 421 g/mol. The van der Waals surface area contributed by atoms with E-state index in [2.05, 4.69) is 0 Å². The van der Waals surface area contributed by atoms with E-state index in [1.165, 1.54) is 22.7 Å². The number of hydrogen-bond acceptors (Lipinski definition) is 3. The van der Waals surface area contributed by atoms with Gasteiger partial charge in [-0.15, -0.1) is 23.4 Å². The molecule has 3 rings (SSSR count). The Morgan fingerprint density at radius 3 is 2.59 bits per heavy atom. The van der Waals surface area contributed by atoms with E-state index in [9.17, 15) is 22.8 Å². The number of carbonyl (C=O) groups excluding carboxylic acids is 2. The Morgan fingerprint density at radius 1 is 1.26 bits per heavy atom. The van der Waals surface area contributed by atoms with Crippen LogP contribution >= 0.6 is 23.4 Å². The van der Waals surface area contributed by atoms with Crippen molar-refractivity contribution in [1.82, 2.24) is 4.90 Å². The molecule has 2 saturated heterocycles. The molecular formula is C18H20ClF3N2O2S. The fraction of sp³-hybridized carbons (Fsp3) is 0.556. The maximum Gasteiger partial charge on any atom is 0.416 e. The molecule has 1 aromatic carbocycles. The van der Waals surface area contributed by atoms with Gasteiger partial charge in [-0.2, -0.15) is 13.2 Å². The molecule has 9 heteroatoms. The van der Waals surface area contributed by atoms with Crippen molar-refractivity contribution >= 4 is 40.9 Å². The number of anilines is 1. The molecular weight excluding hydrogens is 401 g/mol. The quantitative estimate of drug-likeness (QED) is 0.688. The fourth-order valence-corrected chi connectivity index (χ4v) is 5.07. The molecule has 0 atom stereocenters. The Hall–Kier alpha value is -1.41. The summed E-state index contributed by atoms with van der Waals surface area (Å²) >= 11 is 7.09. The first-order valence-electron chi connectivity index (χ1n) is 8.75. The van der Waals surface area contributed by atoms with E-state index in [4.69, 9.17) is 11.6 Å². The van der Waals surface area contributed by atoms with E-state index in [1.54, 1.807) is 11.0 Å². The summed E-state index contributed by atoms with van der Waals surface area (Å²) in [7, 11) is 0. The van der Waals surface area contributed by atoms with Gasteiger partial charge in [-0.05, 0) is 37.5 Å². The molecule has 2 amide bonds. The van der Waals surface area contributed by atoms with Crippen molar-refractivity contribution < 1.29 is 22.8 Å². The fourth-order valence-electron chi connectivity index (χ4n) is 3.60. The van der Waals surface area contributed by atoms with E-state index in [1.807, 2.05) is 0 Å². The molecule has 0 saturated carbocycles. The number of piperidine rings is 1. The predicted molar refractivity (Wildman–Crippen MR) is 99.9 cm³/mol. The maximum absolute atomic E-state index is 13.1. The summed E-state index contributed by atoms with van der Waals surface area (Å²) in [6.07, 6.45) is -2.39. The molecule has 1 spiro atoms. The monoisotopic (exact) mass is 420 g/mol. The van der Waals surface area contributed by atoms with Crippen LogP contribution in [0.3, 0.4) is 0 Å². The van der Waals surface area contributed by atoms with Gasteiger partial charge in [-0.1, -0.05) is 6.07 Å². The average Bonchev–Trinajstić information content (AvgIpc) is 2.95. The largest absolute Gasteiger partial charge is 0.416 e. The SMILES string of the molecule is O=C(CCCCl)N1CCC2(CC1)SCC(=O)N2c1cccc(C(F)(F)F)c1. The summed E-state index contributed by atoms with van der Waals surface area (Å²) in [4.78, 5) is 27.4. The highest BCUT2D eigenvalue weighted by atomic mass is 35.5. The molecule has 0 unspecified atom stereocenters. The minimum Gasteiger partial charge on any atom is -0.342 e. The highest BCUT2D eigenvalue weighted by molar-refractivity contribution is 8.02. The van der Waals surface area contributed by atoms with Crippen LogP contribution in [0.2, 0.25) is 0 Å². The number of carbonyl (C=O) groups is 2. The number of rotatable bonds is 4. The highest BCUT2D eigenvalue weighted by Gasteiger charge is 2.49. The van der Waals surface area contributed by atoms with Gasteiger partial charge in [0.05, 0.1) is 16.2 Å². The van der Waals surface area contributed by atoms with Crippen LogP contribution in [0.5, 0.6) is 0 Å². The topological polar surface area (TPSA) is 40.6 Å². The molecule has 4 nitrogen and oxygen atoms in total. The first kappa shape index (κ1) is 20.3. The minimum atomic E-state index is -4.46. The molecule has 148 valence electrons. The number of likely N-dealkylation sites (tertiary alicyclic amines) is 1. The zero-order valence-corrected chi connectivity index (χ0v) is 16.2.